The highest BCUT2D eigenvalue weighted by Crippen LogP contribution is 2.38. The van der Waals surface area contributed by atoms with Gasteiger partial charge in [-0.1, -0.05) is 54.6 Å². The predicted molar refractivity (Wildman–Crippen MR) is 129 cm³/mol. The molecule has 3 aromatic carbocycles. The van der Waals surface area contributed by atoms with Crippen molar-refractivity contribution in [3.05, 3.63) is 101 Å². The van der Waals surface area contributed by atoms with Crippen LogP contribution in [0.3, 0.4) is 0 Å². The third kappa shape index (κ3) is 5.30. The van der Waals surface area contributed by atoms with Gasteiger partial charge in [0.25, 0.3) is 0 Å². The summed E-state index contributed by atoms with van der Waals surface area (Å²) in [5.74, 6) is -5.93. The summed E-state index contributed by atoms with van der Waals surface area (Å²) in [6.45, 7) is 5.34. The number of halogens is 4. The number of ether oxygens (including phenoxy) is 2. The summed E-state index contributed by atoms with van der Waals surface area (Å²) in [5.41, 5.74) is 1.59. The van der Waals surface area contributed by atoms with Crippen molar-refractivity contribution in [2.24, 2.45) is 0 Å². The lowest BCUT2D eigenvalue weighted by molar-refractivity contribution is 0.0188. The minimum absolute atomic E-state index is 0.0113. The smallest absolute Gasteiger partial charge is 0.341 e. The molecule has 1 aliphatic rings. The zero-order chi connectivity index (χ0) is 25.8. The molecule has 188 valence electrons. The van der Waals surface area contributed by atoms with E-state index in [4.69, 9.17) is 9.47 Å². The van der Waals surface area contributed by atoms with E-state index >= 15 is 0 Å². The van der Waals surface area contributed by atoms with Crippen molar-refractivity contribution in [3.8, 4) is 16.9 Å². The quantitative estimate of drug-likeness (QED) is 0.191. The molecule has 1 aliphatic carbocycles. The highest BCUT2D eigenvalue weighted by Gasteiger charge is 2.30. The highest BCUT2D eigenvalue weighted by atomic mass is 19.2. The van der Waals surface area contributed by atoms with Gasteiger partial charge in [0, 0.05) is 5.56 Å². The molecule has 3 nitrogen and oxygen atoms in total. The van der Waals surface area contributed by atoms with Gasteiger partial charge in [0.15, 0.2) is 23.2 Å². The van der Waals surface area contributed by atoms with Gasteiger partial charge in [-0.3, -0.25) is 0 Å². The van der Waals surface area contributed by atoms with Crippen LogP contribution in [0.25, 0.3) is 11.1 Å². The molecule has 7 heteroatoms. The summed E-state index contributed by atoms with van der Waals surface area (Å²) >= 11 is 0. The van der Waals surface area contributed by atoms with E-state index in [-0.39, 0.29) is 29.4 Å². The maximum atomic E-state index is 15.0. The van der Waals surface area contributed by atoms with Crippen LogP contribution in [0.15, 0.2) is 61.2 Å². The molecule has 1 saturated carbocycles. The second-order valence-electron chi connectivity index (χ2n) is 8.91. The monoisotopic (exact) mass is 498 g/mol. The molecule has 0 spiro atoms. The SMILES string of the molecule is C=CCOc1ccc(C(=O)OC2CCC(c3ccc(-c4ccc(C)cc4)c(F)c3F)CC2)c(F)c1F. The fourth-order valence-corrected chi connectivity index (χ4v) is 4.49. The number of esters is 1. The van der Waals surface area contributed by atoms with Gasteiger partial charge < -0.3 is 9.47 Å². The Balaban J connectivity index is 1.40. The zero-order valence-corrected chi connectivity index (χ0v) is 19.8. The molecule has 0 heterocycles. The molecule has 0 aromatic heterocycles. The maximum absolute atomic E-state index is 15.0. The number of aryl methyl sites for hydroxylation is 1. The van der Waals surface area contributed by atoms with E-state index in [1.807, 2.05) is 19.1 Å². The normalized spacial score (nSPS) is 17.5. The Morgan fingerprint density at radius 1 is 0.889 bits per heavy atom. The van der Waals surface area contributed by atoms with Gasteiger partial charge in [0.1, 0.15) is 12.7 Å². The largest absolute Gasteiger partial charge is 0.486 e. The average Bonchev–Trinajstić information content (AvgIpc) is 2.88. The van der Waals surface area contributed by atoms with Gasteiger partial charge in [-0.05, 0) is 61.8 Å². The van der Waals surface area contributed by atoms with Gasteiger partial charge in [0.2, 0.25) is 5.82 Å². The molecule has 0 N–H and O–H groups in total. The van der Waals surface area contributed by atoms with Crippen LogP contribution in [-0.2, 0) is 4.74 Å². The molecule has 0 bridgehead atoms. The number of benzene rings is 3. The van der Waals surface area contributed by atoms with E-state index < -0.39 is 40.9 Å². The molecule has 0 radical (unpaired) electrons. The third-order valence-electron chi connectivity index (χ3n) is 6.49. The minimum Gasteiger partial charge on any atom is -0.486 e. The van der Waals surface area contributed by atoms with Crippen LogP contribution in [0.5, 0.6) is 5.75 Å². The second-order valence-corrected chi connectivity index (χ2v) is 8.91. The molecule has 0 aliphatic heterocycles. The van der Waals surface area contributed by atoms with Crippen molar-refractivity contribution in [1.82, 2.24) is 0 Å². The van der Waals surface area contributed by atoms with Crippen molar-refractivity contribution >= 4 is 5.97 Å². The second kappa shape index (κ2) is 11.0. The lowest BCUT2D eigenvalue weighted by Crippen LogP contribution is -2.25. The van der Waals surface area contributed by atoms with Crippen molar-refractivity contribution in [2.75, 3.05) is 6.61 Å². The standard InChI is InChI=1S/C29H26F4O3/c1-3-16-35-24-15-14-23(27(32)28(24)33)29(34)36-20-10-8-19(9-11-20)22-13-12-21(25(30)26(22)31)18-6-4-17(2)5-7-18/h3-7,12-15,19-20H,1,8-11,16H2,2H3. The Labute approximate surface area is 207 Å². The Morgan fingerprint density at radius 2 is 1.58 bits per heavy atom. The van der Waals surface area contributed by atoms with Crippen molar-refractivity contribution in [3.63, 3.8) is 0 Å². The van der Waals surface area contributed by atoms with Crippen LogP contribution in [0.4, 0.5) is 17.6 Å². The summed E-state index contributed by atoms with van der Waals surface area (Å²) in [6.07, 6.45) is 2.55. The molecule has 0 unspecified atom stereocenters. The van der Waals surface area contributed by atoms with E-state index in [0.717, 1.165) is 17.7 Å². The summed E-state index contributed by atoms with van der Waals surface area (Å²) in [5, 5.41) is 0. The summed E-state index contributed by atoms with van der Waals surface area (Å²) in [4.78, 5) is 12.5. The lowest BCUT2D eigenvalue weighted by Gasteiger charge is -2.29. The van der Waals surface area contributed by atoms with Crippen LogP contribution < -0.4 is 4.74 Å². The topological polar surface area (TPSA) is 35.5 Å². The first-order valence-electron chi connectivity index (χ1n) is 11.8. The Kier molecular flexibility index (Phi) is 7.77. The van der Waals surface area contributed by atoms with Gasteiger partial charge in [-0.15, -0.1) is 0 Å². The van der Waals surface area contributed by atoms with Crippen LogP contribution in [0.2, 0.25) is 0 Å². The number of hydrogen-bond acceptors (Lipinski definition) is 3. The molecule has 3 aromatic rings. The maximum Gasteiger partial charge on any atom is 0.341 e. The van der Waals surface area contributed by atoms with Crippen LogP contribution in [0, 0.1) is 30.2 Å². The molecule has 0 saturated heterocycles. The van der Waals surface area contributed by atoms with Gasteiger partial charge >= 0.3 is 5.97 Å². The summed E-state index contributed by atoms with van der Waals surface area (Å²) in [7, 11) is 0. The molecule has 4 rings (SSSR count). The van der Waals surface area contributed by atoms with E-state index in [1.54, 1.807) is 24.3 Å². The first kappa shape index (κ1) is 25.5. The molecule has 1 fully saturated rings. The first-order chi connectivity index (χ1) is 17.3. The average molecular weight is 499 g/mol. The Morgan fingerprint density at radius 3 is 2.25 bits per heavy atom. The van der Waals surface area contributed by atoms with E-state index in [9.17, 15) is 22.4 Å². The number of hydrogen-bond donors (Lipinski definition) is 0. The highest BCUT2D eigenvalue weighted by molar-refractivity contribution is 5.90. The number of rotatable bonds is 7. The first-order valence-corrected chi connectivity index (χ1v) is 11.8. The van der Waals surface area contributed by atoms with Gasteiger partial charge in [-0.2, -0.15) is 4.39 Å². The molecule has 36 heavy (non-hydrogen) atoms. The van der Waals surface area contributed by atoms with E-state index in [1.165, 1.54) is 6.08 Å². The molecule has 0 amide bonds. The van der Waals surface area contributed by atoms with Gasteiger partial charge in [-0.25, -0.2) is 18.0 Å². The Bertz CT molecular complexity index is 1260. The van der Waals surface area contributed by atoms with Crippen molar-refractivity contribution in [1.29, 1.82) is 0 Å². The van der Waals surface area contributed by atoms with E-state index in [0.29, 0.717) is 31.2 Å². The predicted octanol–water partition coefficient (Wildman–Crippen LogP) is 7.67. The molecular weight excluding hydrogens is 472 g/mol. The molecular formula is C29H26F4O3. The zero-order valence-electron chi connectivity index (χ0n) is 19.8. The van der Waals surface area contributed by atoms with Crippen LogP contribution in [0.1, 0.15) is 53.1 Å². The van der Waals surface area contributed by atoms with Crippen LogP contribution >= 0.6 is 0 Å². The Hall–Kier alpha value is -3.61. The summed E-state index contributed by atoms with van der Waals surface area (Å²) < 4.78 is 68.8. The van der Waals surface area contributed by atoms with Gasteiger partial charge in [0.05, 0.1) is 5.56 Å². The summed E-state index contributed by atoms with van der Waals surface area (Å²) in [6, 6.07) is 12.7. The van der Waals surface area contributed by atoms with Crippen molar-refractivity contribution < 1.29 is 31.8 Å². The minimum atomic E-state index is -1.35. The van der Waals surface area contributed by atoms with E-state index in [2.05, 4.69) is 6.58 Å². The van der Waals surface area contributed by atoms with Crippen LogP contribution in [-0.4, -0.2) is 18.7 Å². The lowest BCUT2D eigenvalue weighted by atomic mass is 9.82. The fraction of sp³-hybridized carbons (Fsp3) is 0.276. The number of carbonyl (C=O) groups excluding carboxylic acids is 1. The number of carbonyl (C=O) groups is 1. The third-order valence-corrected chi connectivity index (χ3v) is 6.49. The molecule has 0 atom stereocenters. The van der Waals surface area contributed by atoms with Crippen molar-refractivity contribution in [2.45, 2.75) is 44.6 Å². The fourth-order valence-electron chi connectivity index (χ4n) is 4.49.